The molecule has 4 heteroatoms. The lowest BCUT2D eigenvalue weighted by atomic mass is 10.3. The molecule has 0 fully saturated rings. The molecule has 4 nitrogen and oxygen atoms in total. The van der Waals surface area contributed by atoms with Gasteiger partial charge in [-0.05, 0) is 31.2 Å². The number of aromatic nitrogens is 2. The predicted octanol–water partition coefficient (Wildman–Crippen LogP) is 2.91. The number of fused-ring (bicyclic) bond motifs is 1. The summed E-state index contributed by atoms with van der Waals surface area (Å²) < 4.78 is 12.6. The first-order chi connectivity index (χ1) is 8.26. The Hall–Kier alpha value is -2.23. The van der Waals surface area contributed by atoms with E-state index in [1.165, 1.54) is 0 Å². The molecule has 3 aromatic rings. The fourth-order valence-electron chi connectivity index (χ4n) is 1.78. The second-order valence-electron chi connectivity index (χ2n) is 3.87. The first-order valence-corrected chi connectivity index (χ1v) is 5.36. The molecule has 0 aliphatic heterocycles. The van der Waals surface area contributed by atoms with Gasteiger partial charge in [0.1, 0.15) is 22.9 Å². The highest BCUT2D eigenvalue weighted by molar-refractivity contribution is 5.58. The number of imidazole rings is 1. The van der Waals surface area contributed by atoms with Crippen molar-refractivity contribution in [1.82, 2.24) is 9.38 Å². The van der Waals surface area contributed by atoms with Crippen LogP contribution in [0.15, 0.2) is 41.1 Å². The average molecular weight is 228 g/mol. The fraction of sp³-hybridized carbons (Fsp3) is 0.154. The standard InChI is InChI=1S/C13H12N2O2/c1-9-3-5-12(17-9)11-8-15-7-10(16-2)4-6-13(15)14-11/h3-8H,1-2H3. The summed E-state index contributed by atoms with van der Waals surface area (Å²) >= 11 is 0. The molecule has 0 aliphatic carbocycles. The smallest absolute Gasteiger partial charge is 0.154 e. The van der Waals surface area contributed by atoms with Gasteiger partial charge in [-0.2, -0.15) is 0 Å². The van der Waals surface area contributed by atoms with E-state index in [2.05, 4.69) is 4.98 Å². The van der Waals surface area contributed by atoms with Gasteiger partial charge >= 0.3 is 0 Å². The Bertz CT molecular complexity index is 667. The summed E-state index contributed by atoms with van der Waals surface area (Å²) in [7, 11) is 1.65. The van der Waals surface area contributed by atoms with Gasteiger partial charge in [-0.3, -0.25) is 0 Å². The van der Waals surface area contributed by atoms with Crippen molar-refractivity contribution in [2.24, 2.45) is 0 Å². The molecule has 3 aromatic heterocycles. The summed E-state index contributed by atoms with van der Waals surface area (Å²) in [5.41, 5.74) is 1.70. The minimum absolute atomic E-state index is 0.783. The number of rotatable bonds is 2. The first-order valence-electron chi connectivity index (χ1n) is 5.36. The lowest BCUT2D eigenvalue weighted by Crippen LogP contribution is -1.86. The number of hydrogen-bond donors (Lipinski definition) is 0. The summed E-state index contributed by atoms with van der Waals surface area (Å²) in [6, 6.07) is 7.66. The van der Waals surface area contributed by atoms with Gasteiger partial charge < -0.3 is 13.6 Å². The quantitative estimate of drug-likeness (QED) is 0.677. The molecule has 0 amide bonds. The van der Waals surface area contributed by atoms with E-state index in [4.69, 9.17) is 9.15 Å². The number of methoxy groups -OCH3 is 1. The maximum Gasteiger partial charge on any atom is 0.154 e. The number of ether oxygens (including phenoxy) is 1. The highest BCUT2D eigenvalue weighted by Crippen LogP contribution is 2.22. The number of nitrogens with zero attached hydrogens (tertiary/aromatic N) is 2. The van der Waals surface area contributed by atoms with Crippen LogP contribution < -0.4 is 4.74 Å². The van der Waals surface area contributed by atoms with Crippen LogP contribution in [-0.2, 0) is 0 Å². The highest BCUT2D eigenvalue weighted by atomic mass is 16.5. The normalized spacial score (nSPS) is 10.9. The third-order valence-electron chi connectivity index (χ3n) is 2.65. The van der Waals surface area contributed by atoms with Crippen LogP contribution in [0.5, 0.6) is 5.75 Å². The summed E-state index contributed by atoms with van der Waals surface area (Å²) in [5.74, 6) is 2.47. The predicted molar refractivity (Wildman–Crippen MR) is 64.2 cm³/mol. The Morgan fingerprint density at radius 2 is 2.06 bits per heavy atom. The largest absolute Gasteiger partial charge is 0.495 e. The minimum atomic E-state index is 0.783. The van der Waals surface area contributed by atoms with Crippen LogP contribution in [0.1, 0.15) is 5.76 Å². The monoisotopic (exact) mass is 228 g/mol. The maximum atomic E-state index is 5.55. The SMILES string of the molecule is COc1ccc2nc(-c3ccc(C)o3)cn2c1. The van der Waals surface area contributed by atoms with Crippen LogP contribution in [0.3, 0.4) is 0 Å². The molecule has 0 radical (unpaired) electrons. The third kappa shape index (κ3) is 1.67. The van der Waals surface area contributed by atoms with Crippen molar-refractivity contribution in [2.75, 3.05) is 7.11 Å². The zero-order chi connectivity index (χ0) is 11.8. The highest BCUT2D eigenvalue weighted by Gasteiger charge is 2.08. The van der Waals surface area contributed by atoms with Crippen molar-refractivity contribution in [1.29, 1.82) is 0 Å². The van der Waals surface area contributed by atoms with Gasteiger partial charge in [-0.1, -0.05) is 0 Å². The van der Waals surface area contributed by atoms with E-state index in [-0.39, 0.29) is 0 Å². The van der Waals surface area contributed by atoms with Gasteiger partial charge in [0.05, 0.1) is 13.3 Å². The summed E-state index contributed by atoms with van der Waals surface area (Å²) in [4.78, 5) is 4.49. The van der Waals surface area contributed by atoms with Crippen LogP contribution in [0, 0.1) is 6.92 Å². The Morgan fingerprint density at radius 3 is 2.76 bits per heavy atom. The van der Waals surface area contributed by atoms with Gasteiger partial charge in [0.25, 0.3) is 0 Å². The molecule has 0 saturated heterocycles. The molecule has 3 heterocycles. The van der Waals surface area contributed by atoms with Gasteiger partial charge in [-0.25, -0.2) is 4.98 Å². The molecule has 86 valence electrons. The van der Waals surface area contributed by atoms with Crippen molar-refractivity contribution in [3.63, 3.8) is 0 Å². The van der Waals surface area contributed by atoms with E-state index in [0.29, 0.717) is 0 Å². The summed E-state index contributed by atoms with van der Waals surface area (Å²) in [6.07, 6.45) is 3.82. The lowest BCUT2D eigenvalue weighted by molar-refractivity contribution is 0.412. The van der Waals surface area contributed by atoms with E-state index >= 15 is 0 Å². The molecule has 0 unspecified atom stereocenters. The van der Waals surface area contributed by atoms with Crippen molar-refractivity contribution in [3.8, 4) is 17.2 Å². The maximum absolute atomic E-state index is 5.55. The van der Waals surface area contributed by atoms with Crippen LogP contribution in [-0.4, -0.2) is 16.5 Å². The topological polar surface area (TPSA) is 39.7 Å². The van der Waals surface area contributed by atoms with Crippen molar-refractivity contribution >= 4 is 5.65 Å². The van der Waals surface area contributed by atoms with Crippen LogP contribution in [0.25, 0.3) is 17.1 Å². The molecule has 0 aromatic carbocycles. The van der Waals surface area contributed by atoms with Gasteiger partial charge in [-0.15, -0.1) is 0 Å². The van der Waals surface area contributed by atoms with Crippen molar-refractivity contribution in [3.05, 3.63) is 42.4 Å². The Kier molecular flexibility index (Phi) is 2.14. The second-order valence-corrected chi connectivity index (χ2v) is 3.87. The van der Waals surface area contributed by atoms with E-state index in [0.717, 1.165) is 28.6 Å². The molecule has 17 heavy (non-hydrogen) atoms. The Morgan fingerprint density at radius 1 is 1.18 bits per heavy atom. The van der Waals surface area contributed by atoms with Gasteiger partial charge in [0.2, 0.25) is 0 Å². The summed E-state index contributed by atoms with van der Waals surface area (Å²) in [6.45, 7) is 1.92. The Labute approximate surface area is 98.5 Å². The van der Waals surface area contributed by atoms with Crippen LogP contribution >= 0.6 is 0 Å². The number of aryl methyl sites for hydroxylation is 1. The minimum Gasteiger partial charge on any atom is -0.495 e. The number of pyridine rings is 1. The molecular formula is C13H12N2O2. The molecule has 0 aliphatic rings. The summed E-state index contributed by atoms with van der Waals surface area (Å²) in [5, 5.41) is 0. The van der Waals surface area contributed by atoms with E-state index in [1.807, 2.05) is 48.0 Å². The molecule has 0 spiro atoms. The van der Waals surface area contributed by atoms with E-state index in [9.17, 15) is 0 Å². The second kappa shape index (κ2) is 3.66. The van der Waals surface area contributed by atoms with Gasteiger partial charge in [0, 0.05) is 6.20 Å². The molecule has 3 rings (SSSR count). The van der Waals surface area contributed by atoms with Crippen molar-refractivity contribution < 1.29 is 9.15 Å². The lowest BCUT2D eigenvalue weighted by Gasteiger charge is -1.98. The molecule has 0 saturated carbocycles. The van der Waals surface area contributed by atoms with E-state index < -0.39 is 0 Å². The molecule has 0 N–H and O–H groups in total. The van der Waals surface area contributed by atoms with Crippen LogP contribution in [0.4, 0.5) is 0 Å². The molecule has 0 bridgehead atoms. The van der Waals surface area contributed by atoms with Crippen molar-refractivity contribution in [2.45, 2.75) is 6.92 Å². The zero-order valence-electron chi connectivity index (χ0n) is 9.68. The molecular weight excluding hydrogens is 216 g/mol. The number of furan rings is 1. The Balaban J connectivity index is 2.13. The molecule has 0 atom stereocenters. The van der Waals surface area contributed by atoms with E-state index in [1.54, 1.807) is 7.11 Å². The third-order valence-corrected chi connectivity index (χ3v) is 2.65. The average Bonchev–Trinajstić information content (AvgIpc) is 2.93. The van der Waals surface area contributed by atoms with Crippen LogP contribution in [0.2, 0.25) is 0 Å². The fourth-order valence-corrected chi connectivity index (χ4v) is 1.78. The number of hydrogen-bond acceptors (Lipinski definition) is 3. The van der Waals surface area contributed by atoms with Gasteiger partial charge in [0.15, 0.2) is 5.76 Å². The zero-order valence-corrected chi connectivity index (χ0v) is 9.68. The first kappa shape index (κ1) is 9.96.